The van der Waals surface area contributed by atoms with Gasteiger partial charge in [-0.15, -0.1) is 0 Å². The van der Waals surface area contributed by atoms with E-state index in [1.807, 2.05) is 11.0 Å². The Morgan fingerprint density at radius 1 is 1.42 bits per heavy atom. The Morgan fingerprint density at radius 3 is 2.74 bits per heavy atom. The van der Waals surface area contributed by atoms with Crippen molar-refractivity contribution in [2.45, 2.75) is 45.4 Å². The van der Waals surface area contributed by atoms with E-state index in [4.69, 9.17) is 0 Å². The van der Waals surface area contributed by atoms with Crippen LogP contribution < -0.4 is 10.2 Å². The van der Waals surface area contributed by atoms with Crippen LogP contribution in [0.1, 0.15) is 32.8 Å². The minimum atomic E-state index is -0.344. The number of halogens is 1. The van der Waals surface area contributed by atoms with E-state index in [1.165, 1.54) is 6.07 Å². The summed E-state index contributed by atoms with van der Waals surface area (Å²) in [5, 5.41) is 13.0. The van der Waals surface area contributed by atoms with E-state index in [-0.39, 0.29) is 17.5 Å². The van der Waals surface area contributed by atoms with Gasteiger partial charge in [0, 0.05) is 25.2 Å². The Hall–Kier alpha value is -1.13. The third-order valence-electron chi connectivity index (χ3n) is 3.36. The molecule has 0 spiro atoms. The van der Waals surface area contributed by atoms with Crippen molar-refractivity contribution in [2.24, 2.45) is 0 Å². The van der Waals surface area contributed by atoms with Gasteiger partial charge in [-0.3, -0.25) is 0 Å². The van der Waals surface area contributed by atoms with Gasteiger partial charge in [-0.05, 0) is 38.8 Å². The van der Waals surface area contributed by atoms with Crippen molar-refractivity contribution in [3.05, 3.63) is 29.6 Å². The monoisotopic (exact) mass is 266 g/mol. The second-order valence-electron chi connectivity index (χ2n) is 6.24. The molecule has 1 fully saturated rings. The van der Waals surface area contributed by atoms with Crippen LogP contribution in [0, 0.1) is 5.82 Å². The lowest BCUT2D eigenvalue weighted by Gasteiger charge is -2.25. The standard InChI is InChI=1S/C15H23FN2O/c1-15(2,3)17-9-11-5-4-6-13(16)14(11)18-8-7-12(19)10-18/h4-6,12,17,19H,7-10H2,1-3H3. The minimum Gasteiger partial charge on any atom is -0.391 e. The molecule has 1 unspecified atom stereocenters. The van der Waals surface area contributed by atoms with Crippen molar-refractivity contribution in [1.82, 2.24) is 5.32 Å². The van der Waals surface area contributed by atoms with E-state index in [9.17, 15) is 9.50 Å². The smallest absolute Gasteiger partial charge is 0.146 e. The van der Waals surface area contributed by atoms with Gasteiger partial charge in [0.05, 0.1) is 11.8 Å². The molecule has 0 saturated carbocycles. The molecule has 2 N–H and O–H groups in total. The number of nitrogens with one attached hydrogen (secondary N) is 1. The van der Waals surface area contributed by atoms with Gasteiger partial charge in [-0.25, -0.2) is 4.39 Å². The van der Waals surface area contributed by atoms with E-state index in [0.717, 1.165) is 5.56 Å². The Bertz CT molecular complexity index is 442. The number of anilines is 1. The molecule has 1 aliphatic rings. The molecule has 0 aromatic heterocycles. The van der Waals surface area contributed by atoms with Crippen LogP contribution >= 0.6 is 0 Å². The van der Waals surface area contributed by atoms with Crippen molar-refractivity contribution in [2.75, 3.05) is 18.0 Å². The van der Waals surface area contributed by atoms with E-state index in [0.29, 0.717) is 31.7 Å². The van der Waals surface area contributed by atoms with Crippen LogP contribution in [0.5, 0.6) is 0 Å². The van der Waals surface area contributed by atoms with Crippen LogP contribution in [0.4, 0.5) is 10.1 Å². The van der Waals surface area contributed by atoms with Crippen LogP contribution in [0.2, 0.25) is 0 Å². The number of nitrogens with zero attached hydrogens (tertiary/aromatic N) is 1. The maximum absolute atomic E-state index is 14.1. The van der Waals surface area contributed by atoms with Gasteiger partial charge in [0.1, 0.15) is 5.82 Å². The van der Waals surface area contributed by atoms with Gasteiger partial charge in [-0.2, -0.15) is 0 Å². The highest BCUT2D eigenvalue weighted by Gasteiger charge is 2.25. The molecule has 1 atom stereocenters. The van der Waals surface area contributed by atoms with Gasteiger partial charge in [-0.1, -0.05) is 12.1 Å². The van der Waals surface area contributed by atoms with Gasteiger partial charge in [0.2, 0.25) is 0 Å². The quantitative estimate of drug-likeness (QED) is 0.881. The van der Waals surface area contributed by atoms with Crippen LogP contribution in [0.25, 0.3) is 0 Å². The van der Waals surface area contributed by atoms with Crippen LogP contribution in [-0.2, 0) is 6.54 Å². The Kier molecular flexibility index (Phi) is 4.11. The summed E-state index contributed by atoms with van der Waals surface area (Å²) < 4.78 is 14.1. The highest BCUT2D eigenvalue weighted by molar-refractivity contribution is 5.55. The lowest BCUT2D eigenvalue weighted by atomic mass is 10.1. The van der Waals surface area contributed by atoms with Crippen LogP contribution in [0.3, 0.4) is 0 Å². The summed E-state index contributed by atoms with van der Waals surface area (Å²) >= 11 is 0. The van der Waals surface area contributed by atoms with Gasteiger partial charge < -0.3 is 15.3 Å². The number of β-amino-alcohol motifs (C(OH)–C–C–N with tert-alkyl or cyclic N) is 1. The Balaban J connectivity index is 2.21. The molecule has 1 saturated heterocycles. The predicted octanol–water partition coefficient (Wildman–Crippen LogP) is 2.28. The van der Waals surface area contributed by atoms with Crippen molar-refractivity contribution in [3.63, 3.8) is 0 Å². The van der Waals surface area contributed by atoms with E-state index in [1.54, 1.807) is 6.07 Å². The van der Waals surface area contributed by atoms with E-state index in [2.05, 4.69) is 26.1 Å². The first-order chi connectivity index (χ1) is 8.87. The van der Waals surface area contributed by atoms with Gasteiger partial charge >= 0.3 is 0 Å². The second-order valence-corrected chi connectivity index (χ2v) is 6.24. The van der Waals surface area contributed by atoms with Crippen molar-refractivity contribution < 1.29 is 9.50 Å². The van der Waals surface area contributed by atoms with Crippen molar-refractivity contribution in [1.29, 1.82) is 0 Å². The molecule has 3 nitrogen and oxygen atoms in total. The second kappa shape index (κ2) is 5.47. The number of rotatable bonds is 3. The molecule has 0 bridgehead atoms. The molecule has 0 aliphatic carbocycles. The lowest BCUT2D eigenvalue weighted by Crippen LogP contribution is -2.36. The van der Waals surface area contributed by atoms with Crippen LogP contribution in [0.15, 0.2) is 18.2 Å². The van der Waals surface area contributed by atoms with Gasteiger partial charge in [0.25, 0.3) is 0 Å². The number of para-hydroxylation sites is 1. The fraction of sp³-hybridized carbons (Fsp3) is 0.600. The summed E-state index contributed by atoms with van der Waals surface area (Å²) in [7, 11) is 0. The largest absolute Gasteiger partial charge is 0.391 e. The third kappa shape index (κ3) is 3.67. The molecule has 2 rings (SSSR count). The van der Waals surface area contributed by atoms with Gasteiger partial charge in [0.15, 0.2) is 0 Å². The zero-order chi connectivity index (χ0) is 14.0. The number of aliphatic hydroxyl groups excluding tert-OH is 1. The normalized spacial score (nSPS) is 20.1. The summed E-state index contributed by atoms with van der Waals surface area (Å²) in [4.78, 5) is 1.94. The first kappa shape index (κ1) is 14.3. The predicted molar refractivity (Wildman–Crippen MR) is 75.8 cm³/mol. The summed E-state index contributed by atoms with van der Waals surface area (Å²) in [5.41, 5.74) is 1.58. The SMILES string of the molecule is CC(C)(C)NCc1cccc(F)c1N1CCC(O)C1. The number of hydrogen-bond donors (Lipinski definition) is 2. The fourth-order valence-corrected chi connectivity index (χ4v) is 2.36. The van der Waals surface area contributed by atoms with Crippen LogP contribution in [-0.4, -0.2) is 29.8 Å². The fourth-order valence-electron chi connectivity index (χ4n) is 2.36. The lowest BCUT2D eigenvalue weighted by molar-refractivity contribution is 0.198. The average Bonchev–Trinajstić information content (AvgIpc) is 2.72. The summed E-state index contributed by atoms with van der Waals surface area (Å²) in [6.45, 7) is 8.12. The molecule has 4 heteroatoms. The summed E-state index contributed by atoms with van der Waals surface area (Å²) in [5.74, 6) is -0.206. The summed E-state index contributed by atoms with van der Waals surface area (Å²) in [6, 6.07) is 5.17. The van der Waals surface area contributed by atoms with Crippen molar-refractivity contribution in [3.8, 4) is 0 Å². The zero-order valence-electron chi connectivity index (χ0n) is 11.9. The average molecular weight is 266 g/mol. The molecule has 0 radical (unpaired) electrons. The zero-order valence-corrected chi connectivity index (χ0v) is 11.9. The maximum Gasteiger partial charge on any atom is 0.146 e. The molecule has 1 aliphatic heterocycles. The number of aliphatic hydroxyl groups is 1. The molecule has 1 heterocycles. The Morgan fingerprint density at radius 2 is 2.16 bits per heavy atom. The molecule has 1 aromatic carbocycles. The highest BCUT2D eigenvalue weighted by atomic mass is 19.1. The number of hydrogen-bond acceptors (Lipinski definition) is 3. The first-order valence-electron chi connectivity index (χ1n) is 6.82. The maximum atomic E-state index is 14.1. The summed E-state index contributed by atoms with van der Waals surface area (Å²) in [6.07, 6.45) is 0.364. The Labute approximate surface area is 114 Å². The topological polar surface area (TPSA) is 35.5 Å². The number of benzene rings is 1. The highest BCUT2D eigenvalue weighted by Crippen LogP contribution is 2.28. The van der Waals surface area contributed by atoms with E-state index >= 15 is 0 Å². The van der Waals surface area contributed by atoms with Crippen molar-refractivity contribution >= 4 is 5.69 Å². The molecule has 1 aromatic rings. The minimum absolute atomic E-state index is 0.00584. The van der Waals surface area contributed by atoms with E-state index < -0.39 is 0 Å². The molecular formula is C15H23FN2O. The first-order valence-corrected chi connectivity index (χ1v) is 6.82. The molecule has 19 heavy (non-hydrogen) atoms. The molecular weight excluding hydrogens is 243 g/mol. The molecule has 106 valence electrons. The third-order valence-corrected chi connectivity index (χ3v) is 3.36. The molecule has 0 amide bonds.